The minimum Gasteiger partial charge on any atom is -0.278 e. The van der Waals surface area contributed by atoms with Gasteiger partial charge in [-0.1, -0.05) is 17.7 Å². The van der Waals surface area contributed by atoms with E-state index in [1.807, 2.05) is 18.2 Å². The summed E-state index contributed by atoms with van der Waals surface area (Å²) in [5.74, 6) is -0.406. The maximum absolute atomic E-state index is 13.1. The molecule has 0 saturated heterocycles. The van der Waals surface area contributed by atoms with Crippen molar-refractivity contribution in [2.45, 2.75) is 0 Å². The molecule has 0 atom stereocenters. The van der Waals surface area contributed by atoms with Crippen molar-refractivity contribution in [3.8, 4) is 11.1 Å². The quantitative estimate of drug-likeness (QED) is 0.670. The van der Waals surface area contributed by atoms with Gasteiger partial charge in [-0.25, -0.2) is 9.37 Å². The van der Waals surface area contributed by atoms with Crippen molar-refractivity contribution in [3.05, 3.63) is 47.6 Å². The molecule has 0 aliphatic rings. The van der Waals surface area contributed by atoms with Crippen molar-refractivity contribution >= 4 is 22.5 Å². The molecule has 0 aliphatic heterocycles. The molecule has 0 fully saturated rings. The molecule has 3 rings (SSSR count). The third kappa shape index (κ3) is 1.76. The average molecular weight is 248 g/mol. The lowest BCUT2D eigenvalue weighted by molar-refractivity contribution is 0.622. The van der Waals surface area contributed by atoms with E-state index in [1.165, 1.54) is 6.07 Å². The number of halogens is 2. The largest absolute Gasteiger partial charge is 0.278 e. The monoisotopic (exact) mass is 247 g/mol. The summed E-state index contributed by atoms with van der Waals surface area (Å²) in [6.07, 6.45) is 2.81. The average Bonchev–Trinajstić information content (AvgIpc) is 2.79. The van der Waals surface area contributed by atoms with E-state index in [0.29, 0.717) is 5.56 Å². The zero-order chi connectivity index (χ0) is 11.8. The highest BCUT2D eigenvalue weighted by Crippen LogP contribution is 2.28. The Bertz CT molecular complexity index is 693. The minimum absolute atomic E-state index is 0.286. The first-order valence-corrected chi connectivity index (χ1v) is 5.36. The molecule has 0 unspecified atom stereocenters. The van der Waals surface area contributed by atoms with Crippen LogP contribution in [0.15, 0.2) is 36.7 Å². The highest BCUT2D eigenvalue weighted by molar-refractivity contribution is 6.32. The van der Waals surface area contributed by atoms with Gasteiger partial charge in [-0.2, -0.15) is 5.10 Å². The van der Waals surface area contributed by atoms with Gasteiger partial charge < -0.3 is 0 Å². The topological polar surface area (TPSA) is 41.6 Å². The van der Waals surface area contributed by atoms with Gasteiger partial charge in [0.1, 0.15) is 11.0 Å². The number of fused-ring (bicyclic) bond motifs is 1. The van der Waals surface area contributed by atoms with Gasteiger partial charge in [0.25, 0.3) is 0 Å². The normalized spacial score (nSPS) is 10.9. The molecule has 1 N–H and O–H groups in total. The zero-order valence-corrected chi connectivity index (χ0v) is 9.37. The lowest BCUT2D eigenvalue weighted by atomic mass is 10.1. The molecule has 2 aromatic heterocycles. The van der Waals surface area contributed by atoms with E-state index >= 15 is 0 Å². The van der Waals surface area contributed by atoms with Crippen LogP contribution >= 0.6 is 11.6 Å². The SMILES string of the molecule is Fc1cnc(Cl)c(-c2ccc3[nH]ncc3c2)c1. The van der Waals surface area contributed by atoms with Crippen LogP contribution in [0.4, 0.5) is 4.39 Å². The summed E-state index contributed by atoms with van der Waals surface area (Å²) in [4.78, 5) is 3.79. The molecule has 84 valence electrons. The Balaban J connectivity index is 2.22. The summed E-state index contributed by atoms with van der Waals surface area (Å²) in [5.41, 5.74) is 2.32. The second-order valence-electron chi connectivity index (χ2n) is 3.66. The summed E-state index contributed by atoms with van der Waals surface area (Å²) in [6.45, 7) is 0. The van der Waals surface area contributed by atoms with E-state index in [2.05, 4.69) is 15.2 Å². The Labute approximate surface area is 101 Å². The maximum atomic E-state index is 13.1. The molecule has 0 amide bonds. The maximum Gasteiger partial charge on any atom is 0.142 e. The first-order chi connectivity index (χ1) is 8.24. The predicted molar refractivity (Wildman–Crippen MR) is 64.3 cm³/mol. The Hall–Kier alpha value is -1.94. The Morgan fingerprint density at radius 1 is 1.18 bits per heavy atom. The van der Waals surface area contributed by atoms with Gasteiger partial charge >= 0.3 is 0 Å². The van der Waals surface area contributed by atoms with Crippen molar-refractivity contribution < 1.29 is 4.39 Å². The molecule has 0 bridgehead atoms. The number of hydrogen-bond donors (Lipinski definition) is 1. The van der Waals surface area contributed by atoms with Crippen LogP contribution in [0.1, 0.15) is 0 Å². The van der Waals surface area contributed by atoms with E-state index in [4.69, 9.17) is 11.6 Å². The number of rotatable bonds is 1. The third-order valence-electron chi connectivity index (χ3n) is 2.56. The fraction of sp³-hybridized carbons (Fsp3) is 0. The van der Waals surface area contributed by atoms with Crippen LogP contribution in [0.5, 0.6) is 0 Å². The molecule has 3 nitrogen and oxygen atoms in total. The highest BCUT2D eigenvalue weighted by atomic mass is 35.5. The van der Waals surface area contributed by atoms with E-state index in [0.717, 1.165) is 22.7 Å². The van der Waals surface area contributed by atoms with Crippen molar-refractivity contribution in [1.82, 2.24) is 15.2 Å². The first kappa shape index (κ1) is 10.2. The Morgan fingerprint density at radius 3 is 2.94 bits per heavy atom. The highest BCUT2D eigenvalue weighted by Gasteiger charge is 2.07. The minimum atomic E-state index is -0.406. The molecule has 3 aromatic rings. The summed E-state index contributed by atoms with van der Waals surface area (Å²) >= 11 is 5.95. The van der Waals surface area contributed by atoms with Crippen LogP contribution in [-0.4, -0.2) is 15.2 Å². The second-order valence-corrected chi connectivity index (χ2v) is 4.02. The van der Waals surface area contributed by atoms with Gasteiger partial charge in [0.15, 0.2) is 0 Å². The van der Waals surface area contributed by atoms with Gasteiger partial charge in [-0.05, 0) is 23.8 Å². The number of benzene rings is 1. The molecule has 0 saturated carbocycles. The summed E-state index contributed by atoms with van der Waals surface area (Å²) in [6, 6.07) is 6.99. The van der Waals surface area contributed by atoms with Crippen LogP contribution in [-0.2, 0) is 0 Å². The lowest BCUT2D eigenvalue weighted by Gasteiger charge is -2.03. The predicted octanol–water partition coefficient (Wildman–Crippen LogP) is 3.42. The molecule has 0 aliphatic carbocycles. The number of aromatic amines is 1. The Morgan fingerprint density at radius 2 is 2.06 bits per heavy atom. The fourth-order valence-corrected chi connectivity index (χ4v) is 1.95. The first-order valence-electron chi connectivity index (χ1n) is 4.98. The van der Waals surface area contributed by atoms with Crippen molar-refractivity contribution in [2.24, 2.45) is 0 Å². The Kier molecular flexibility index (Phi) is 2.30. The fourth-order valence-electron chi connectivity index (χ4n) is 1.74. The number of hydrogen-bond acceptors (Lipinski definition) is 2. The second kappa shape index (κ2) is 3.82. The van der Waals surface area contributed by atoms with Crippen LogP contribution in [0.25, 0.3) is 22.0 Å². The third-order valence-corrected chi connectivity index (χ3v) is 2.86. The summed E-state index contributed by atoms with van der Waals surface area (Å²) in [5, 5.41) is 8.01. The van der Waals surface area contributed by atoms with Crippen LogP contribution in [0, 0.1) is 5.82 Å². The molecule has 0 spiro atoms. The van der Waals surface area contributed by atoms with Crippen molar-refractivity contribution in [2.75, 3.05) is 0 Å². The summed E-state index contributed by atoms with van der Waals surface area (Å²) in [7, 11) is 0. The lowest BCUT2D eigenvalue weighted by Crippen LogP contribution is -1.86. The smallest absolute Gasteiger partial charge is 0.142 e. The number of aromatic nitrogens is 3. The molecular weight excluding hydrogens is 241 g/mol. The van der Waals surface area contributed by atoms with Crippen LogP contribution in [0.3, 0.4) is 0 Å². The van der Waals surface area contributed by atoms with Crippen molar-refractivity contribution in [1.29, 1.82) is 0 Å². The van der Waals surface area contributed by atoms with Gasteiger partial charge in [-0.3, -0.25) is 5.10 Å². The van der Waals surface area contributed by atoms with Crippen LogP contribution in [0.2, 0.25) is 5.15 Å². The van der Waals surface area contributed by atoms with E-state index < -0.39 is 5.82 Å². The zero-order valence-electron chi connectivity index (χ0n) is 8.61. The van der Waals surface area contributed by atoms with Crippen molar-refractivity contribution in [3.63, 3.8) is 0 Å². The van der Waals surface area contributed by atoms with Crippen LogP contribution < -0.4 is 0 Å². The van der Waals surface area contributed by atoms with Gasteiger partial charge in [-0.15, -0.1) is 0 Å². The number of nitrogens with one attached hydrogen (secondary N) is 1. The molecule has 2 heterocycles. The molecule has 17 heavy (non-hydrogen) atoms. The number of pyridine rings is 1. The molecule has 1 aromatic carbocycles. The summed E-state index contributed by atoms with van der Waals surface area (Å²) < 4.78 is 13.1. The van der Waals surface area contributed by atoms with E-state index in [9.17, 15) is 4.39 Å². The van der Waals surface area contributed by atoms with Gasteiger partial charge in [0.05, 0.1) is 17.9 Å². The van der Waals surface area contributed by atoms with Gasteiger partial charge in [0.2, 0.25) is 0 Å². The number of H-pyrrole nitrogens is 1. The molecule has 5 heteroatoms. The standard InChI is InChI=1S/C12H7ClFN3/c13-12-10(4-9(14)6-15-12)7-1-2-11-8(3-7)5-16-17-11/h1-6H,(H,16,17). The number of nitrogens with zero attached hydrogens (tertiary/aromatic N) is 2. The van der Waals surface area contributed by atoms with E-state index in [-0.39, 0.29) is 5.15 Å². The van der Waals surface area contributed by atoms with Gasteiger partial charge in [0, 0.05) is 10.9 Å². The van der Waals surface area contributed by atoms with E-state index in [1.54, 1.807) is 6.20 Å². The molecule has 0 radical (unpaired) electrons. The molecular formula is C12H7ClFN3.